The molecule has 1 aliphatic rings. The van der Waals surface area contributed by atoms with Gasteiger partial charge in [0.2, 0.25) is 0 Å². The summed E-state index contributed by atoms with van der Waals surface area (Å²) in [5, 5.41) is -0.292. The first kappa shape index (κ1) is 15.4. The number of para-hydroxylation sites is 1. The van der Waals surface area contributed by atoms with Crippen LogP contribution in [-0.4, -0.2) is 18.3 Å². The third kappa shape index (κ3) is 3.00. The quantitative estimate of drug-likeness (QED) is 0.792. The number of rotatable bonds is 3. The Morgan fingerprint density at radius 1 is 1.04 bits per heavy atom. The maximum atomic E-state index is 12.6. The molecule has 116 valence electrons. The predicted molar refractivity (Wildman–Crippen MR) is 92.6 cm³/mol. The number of aryl methyl sites for hydroxylation is 1. The molecule has 0 unspecified atom stereocenters. The van der Waals surface area contributed by atoms with E-state index in [1.54, 1.807) is 25.3 Å². The van der Waals surface area contributed by atoms with Gasteiger partial charge in [0.1, 0.15) is 5.75 Å². The number of carbonyl (C=O) groups excluding carboxylic acids is 2. The van der Waals surface area contributed by atoms with Crippen molar-refractivity contribution in [1.29, 1.82) is 0 Å². The summed E-state index contributed by atoms with van der Waals surface area (Å²) >= 11 is 0.938. The standard InChI is InChI=1S/C18H15NO3S/c1-12-7-9-14(10-8-12)19-17(20)16(23-18(19)21)11-13-5-3-4-6-15(13)22-2/h3-11H,1-2H3/b16-11+. The highest BCUT2D eigenvalue weighted by molar-refractivity contribution is 8.19. The summed E-state index contributed by atoms with van der Waals surface area (Å²) < 4.78 is 5.28. The molecule has 0 saturated carbocycles. The fraction of sp³-hybridized carbons (Fsp3) is 0.111. The number of hydrogen-bond acceptors (Lipinski definition) is 4. The second kappa shape index (κ2) is 6.30. The Morgan fingerprint density at radius 2 is 1.74 bits per heavy atom. The fourth-order valence-electron chi connectivity index (χ4n) is 2.31. The summed E-state index contributed by atoms with van der Waals surface area (Å²) in [6, 6.07) is 14.7. The number of benzene rings is 2. The third-order valence-electron chi connectivity index (χ3n) is 3.51. The summed E-state index contributed by atoms with van der Waals surface area (Å²) in [4.78, 5) is 26.4. The van der Waals surface area contributed by atoms with Crippen molar-refractivity contribution in [1.82, 2.24) is 0 Å². The van der Waals surface area contributed by atoms with Gasteiger partial charge >= 0.3 is 0 Å². The summed E-state index contributed by atoms with van der Waals surface area (Å²) in [6.45, 7) is 1.96. The average molecular weight is 325 g/mol. The van der Waals surface area contributed by atoms with Crippen molar-refractivity contribution in [2.45, 2.75) is 6.92 Å². The van der Waals surface area contributed by atoms with Gasteiger partial charge in [-0.15, -0.1) is 0 Å². The lowest BCUT2D eigenvalue weighted by atomic mass is 10.1. The molecule has 0 N–H and O–H groups in total. The SMILES string of the molecule is COc1ccccc1/C=C1/SC(=O)N(c2ccc(C)cc2)C1=O. The highest BCUT2D eigenvalue weighted by Crippen LogP contribution is 2.36. The van der Waals surface area contributed by atoms with Crippen LogP contribution >= 0.6 is 11.8 Å². The molecular weight excluding hydrogens is 310 g/mol. The number of carbonyl (C=O) groups is 2. The Morgan fingerprint density at radius 3 is 2.43 bits per heavy atom. The molecule has 2 amide bonds. The molecule has 0 bridgehead atoms. The van der Waals surface area contributed by atoms with Gasteiger partial charge in [0.15, 0.2) is 0 Å². The first-order chi connectivity index (χ1) is 11.1. The van der Waals surface area contributed by atoms with Crippen LogP contribution in [-0.2, 0) is 4.79 Å². The van der Waals surface area contributed by atoms with E-state index in [1.807, 2.05) is 43.3 Å². The zero-order valence-electron chi connectivity index (χ0n) is 12.8. The van der Waals surface area contributed by atoms with Crippen LogP contribution in [0, 0.1) is 6.92 Å². The lowest BCUT2D eigenvalue weighted by Crippen LogP contribution is -2.27. The Labute approximate surface area is 138 Å². The smallest absolute Gasteiger partial charge is 0.298 e. The van der Waals surface area contributed by atoms with Crippen molar-refractivity contribution < 1.29 is 14.3 Å². The number of imide groups is 1. The van der Waals surface area contributed by atoms with E-state index in [9.17, 15) is 9.59 Å². The zero-order valence-corrected chi connectivity index (χ0v) is 13.6. The third-order valence-corrected chi connectivity index (χ3v) is 4.38. The van der Waals surface area contributed by atoms with Crippen molar-refractivity contribution >= 4 is 34.7 Å². The van der Waals surface area contributed by atoms with Crippen LogP contribution in [0.5, 0.6) is 5.75 Å². The minimum absolute atomic E-state index is 0.292. The molecule has 0 atom stereocenters. The molecule has 23 heavy (non-hydrogen) atoms. The first-order valence-electron chi connectivity index (χ1n) is 7.08. The van der Waals surface area contributed by atoms with Crippen molar-refractivity contribution in [3.05, 3.63) is 64.6 Å². The molecule has 5 heteroatoms. The Balaban J connectivity index is 1.95. The topological polar surface area (TPSA) is 46.6 Å². The Hall–Kier alpha value is -2.53. The van der Waals surface area contributed by atoms with E-state index in [2.05, 4.69) is 0 Å². The number of methoxy groups -OCH3 is 1. The van der Waals surface area contributed by atoms with Gasteiger partial charge in [-0.05, 0) is 43.0 Å². The van der Waals surface area contributed by atoms with Gasteiger partial charge in [0.25, 0.3) is 11.1 Å². The lowest BCUT2D eigenvalue weighted by molar-refractivity contribution is -0.113. The molecule has 0 radical (unpaired) electrons. The summed E-state index contributed by atoms with van der Waals surface area (Å²) in [5.74, 6) is 0.351. The molecule has 2 aromatic rings. The predicted octanol–water partition coefficient (Wildman–Crippen LogP) is 4.24. The maximum absolute atomic E-state index is 12.6. The number of ether oxygens (including phenoxy) is 1. The molecule has 0 aromatic heterocycles. The minimum Gasteiger partial charge on any atom is -0.496 e. The Kier molecular flexibility index (Phi) is 4.21. The molecule has 4 nitrogen and oxygen atoms in total. The van der Waals surface area contributed by atoms with Crippen LogP contribution in [0.25, 0.3) is 6.08 Å². The van der Waals surface area contributed by atoms with E-state index in [0.29, 0.717) is 16.3 Å². The largest absolute Gasteiger partial charge is 0.496 e. The van der Waals surface area contributed by atoms with Gasteiger partial charge in [-0.25, -0.2) is 4.90 Å². The van der Waals surface area contributed by atoms with E-state index in [4.69, 9.17) is 4.74 Å². The molecule has 3 rings (SSSR count). The zero-order chi connectivity index (χ0) is 16.4. The monoisotopic (exact) mass is 325 g/mol. The van der Waals surface area contributed by atoms with Gasteiger partial charge in [-0.3, -0.25) is 9.59 Å². The van der Waals surface area contributed by atoms with Crippen molar-refractivity contribution in [3.8, 4) is 5.75 Å². The van der Waals surface area contributed by atoms with E-state index in [0.717, 1.165) is 22.9 Å². The fourth-order valence-corrected chi connectivity index (χ4v) is 3.14. The normalized spacial score (nSPS) is 16.3. The minimum atomic E-state index is -0.310. The molecule has 0 aliphatic carbocycles. The molecule has 1 heterocycles. The molecule has 2 aromatic carbocycles. The molecule has 1 saturated heterocycles. The number of amides is 2. The lowest BCUT2D eigenvalue weighted by Gasteiger charge is -2.12. The molecule has 0 spiro atoms. The van der Waals surface area contributed by atoms with Crippen LogP contribution < -0.4 is 9.64 Å². The maximum Gasteiger partial charge on any atom is 0.298 e. The van der Waals surface area contributed by atoms with Crippen LogP contribution in [0.2, 0.25) is 0 Å². The van der Waals surface area contributed by atoms with Gasteiger partial charge in [0.05, 0.1) is 17.7 Å². The van der Waals surface area contributed by atoms with Crippen molar-refractivity contribution in [2.75, 3.05) is 12.0 Å². The van der Waals surface area contributed by atoms with E-state index in [1.165, 1.54) is 4.90 Å². The highest BCUT2D eigenvalue weighted by atomic mass is 32.2. The summed E-state index contributed by atoms with van der Waals surface area (Å²) in [7, 11) is 1.57. The van der Waals surface area contributed by atoms with E-state index >= 15 is 0 Å². The summed E-state index contributed by atoms with van der Waals surface area (Å²) in [6.07, 6.45) is 1.69. The molecule has 1 fully saturated rings. The first-order valence-corrected chi connectivity index (χ1v) is 7.89. The number of hydrogen-bond donors (Lipinski definition) is 0. The average Bonchev–Trinajstić information content (AvgIpc) is 2.83. The van der Waals surface area contributed by atoms with Crippen LogP contribution in [0.1, 0.15) is 11.1 Å². The Bertz CT molecular complexity index is 796. The van der Waals surface area contributed by atoms with E-state index in [-0.39, 0.29) is 11.1 Å². The highest BCUT2D eigenvalue weighted by Gasteiger charge is 2.36. The summed E-state index contributed by atoms with van der Waals surface area (Å²) in [5.41, 5.74) is 2.43. The van der Waals surface area contributed by atoms with Gasteiger partial charge in [-0.1, -0.05) is 35.9 Å². The van der Waals surface area contributed by atoms with E-state index < -0.39 is 0 Å². The van der Waals surface area contributed by atoms with Crippen LogP contribution in [0.3, 0.4) is 0 Å². The van der Waals surface area contributed by atoms with Crippen LogP contribution in [0.4, 0.5) is 10.5 Å². The van der Waals surface area contributed by atoms with Crippen molar-refractivity contribution in [3.63, 3.8) is 0 Å². The van der Waals surface area contributed by atoms with Gasteiger partial charge in [0, 0.05) is 5.56 Å². The van der Waals surface area contributed by atoms with Crippen LogP contribution in [0.15, 0.2) is 53.4 Å². The molecular formula is C18H15NO3S. The van der Waals surface area contributed by atoms with Crippen molar-refractivity contribution in [2.24, 2.45) is 0 Å². The van der Waals surface area contributed by atoms with Gasteiger partial charge < -0.3 is 4.74 Å². The second-order valence-corrected chi connectivity index (χ2v) is 6.09. The number of nitrogens with zero attached hydrogens (tertiary/aromatic N) is 1. The second-order valence-electron chi connectivity index (χ2n) is 5.09. The number of anilines is 1. The number of thioether (sulfide) groups is 1. The van der Waals surface area contributed by atoms with Gasteiger partial charge in [-0.2, -0.15) is 0 Å². The molecule has 1 aliphatic heterocycles.